The van der Waals surface area contributed by atoms with E-state index < -0.39 is 0 Å². The van der Waals surface area contributed by atoms with Gasteiger partial charge < -0.3 is 25.1 Å². The number of hydrogen-bond donors (Lipinski definition) is 2. The smallest absolute Gasteiger partial charge is 0.203 e. The van der Waals surface area contributed by atoms with Crippen LogP contribution < -0.4 is 19.9 Å². The monoisotopic (exact) mass is 386 g/mol. The molecule has 0 aliphatic carbocycles. The van der Waals surface area contributed by atoms with Crippen molar-refractivity contribution >= 4 is 17.6 Å². The minimum Gasteiger partial charge on any atom is -0.493 e. The van der Waals surface area contributed by atoms with Gasteiger partial charge in [0.1, 0.15) is 28.5 Å². The Hall–Kier alpha value is -3.14. The van der Waals surface area contributed by atoms with E-state index in [-0.39, 0.29) is 23.6 Å². The Balaban J connectivity index is 2.87. The van der Waals surface area contributed by atoms with Crippen LogP contribution in [0.15, 0.2) is 17.2 Å². The first kappa shape index (κ1) is 20.2. The number of nitrogens with zero attached hydrogens (tertiary/aromatic N) is 3. The highest BCUT2D eigenvalue weighted by Crippen LogP contribution is 2.44. The van der Waals surface area contributed by atoms with Crippen LogP contribution in [0.5, 0.6) is 17.2 Å². The van der Waals surface area contributed by atoms with Crippen molar-refractivity contribution in [3.8, 4) is 40.5 Å². The van der Waals surface area contributed by atoms with Crippen molar-refractivity contribution in [1.82, 2.24) is 4.98 Å². The van der Waals surface area contributed by atoms with Gasteiger partial charge in [-0.15, -0.1) is 11.8 Å². The quantitative estimate of drug-likeness (QED) is 0.686. The fraction of sp³-hybridized carbons (Fsp3) is 0.278. The Labute approximate surface area is 161 Å². The molecule has 0 saturated carbocycles. The first-order chi connectivity index (χ1) is 13.1. The van der Waals surface area contributed by atoms with Gasteiger partial charge in [-0.3, -0.25) is 0 Å². The molecule has 0 aliphatic rings. The fourth-order valence-corrected chi connectivity index (χ4v) is 3.30. The number of hydrogen-bond acceptors (Lipinski definition) is 9. The van der Waals surface area contributed by atoms with Crippen LogP contribution in [0.3, 0.4) is 0 Å². The van der Waals surface area contributed by atoms with Gasteiger partial charge in [0, 0.05) is 11.3 Å². The van der Waals surface area contributed by atoms with Gasteiger partial charge in [0.05, 0.1) is 33.5 Å². The molecule has 2 rings (SSSR count). The topological polar surface area (TPSA) is 134 Å². The summed E-state index contributed by atoms with van der Waals surface area (Å²) in [6.07, 6.45) is 0. The summed E-state index contributed by atoms with van der Waals surface area (Å²) in [5.74, 6) is 1.47. The van der Waals surface area contributed by atoms with E-state index >= 15 is 0 Å². The first-order valence-electron chi connectivity index (χ1n) is 7.73. The number of nitrogen functional groups attached to an aromatic ring is 1. The van der Waals surface area contributed by atoms with E-state index in [4.69, 9.17) is 25.1 Å². The van der Waals surface area contributed by atoms with Crippen LogP contribution in [-0.4, -0.2) is 43.8 Å². The van der Waals surface area contributed by atoms with E-state index in [1.807, 2.05) is 6.07 Å². The van der Waals surface area contributed by atoms with Crippen LogP contribution in [0.25, 0.3) is 11.1 Å². The Morgan fingerprint density at radius 3 is 2.11 bits per heavy atom. The van der Waals surface area contributed by atoms with Crippen molar-refractivity contribution in [2.75, 3.05) is 39.4 Å². The Morgan fingerprint density at radius 1 is 1.07 bits per heavy atom. The lowest BCUT2D eigenvalue weighted by Gasteiger charge is -2.17. The molecule has 0 fully saturated rings. The Morgan fingerprint density at radius 2 is 1.67 bits per heavy atom. The standard InChI is InChI=1S/C18H18N4O4S/c1-24-13-6-10(7-14(25-2)16(13)26-3)15-11(8-19)17(21)22-18(12(15)9-20)27-5-4-23/h6-7,23H,4-5H2,1-3H3,(H2,21,22). The highest BCUT2D eigenvalue weighted by atomic mass is 32.2. The van der Waals surface area contributed by atoms with Crippen LogP contribution in [0.4, 0.5) is 5.82 Å². The number of anilines is 1. The molecule has 0 saturated heterocycles. The maximum absolute atomic E-state index is 9.72. The number of rotatable bonds is 7. The Bertz CT molecular complexity index is 909. The first-order valence-corrected chi connectivity index (χ1v) is 8.72. The summed E-state index contributed by atoms with van der Waals surface area (Å²) < 4.78 is 16.0. The van der Waals surface area contributed by atoms with Crippen molar-refractivity contribution in [2.24, 2.45) is 0 Å². The predicted octanol–water partition coefficient (Wildman–Crippen LogP) is 2.18. The van der Waals surface area contributed by atoms with E-state index in [0.717, 1.165) is 0 Å². The van der Waals surface area contributed by atoms with Crippen LogP contribution in [0.2, 0.25) is 0 Å². The number of nitrogens with two attached hydrogens (primary N) is 1. The number of benzene rings is 1. The molecule has 1 aromatic carbocycles. The van der Waals surface area contributed by atoms with Gasteiger partial charge in [0.2, 0.25) is 5.75 Å². The van der Waals surface area contributed by atoms with E-state index in [1.54, 1.807) is 12.1 Å². The van der Waals surface area contributed by atoms with Crippen LogP contribution in [0, 0.1) is 22.7 Å². The van der Waals surface area contributed by atoms with Crippen molar-refractivity contribution in [2.45, 2.75) is 5.03 Å². The van der Waals surface area contributed by atoms with Gasteiger partial charge in [-0.25, -0.2) is 4.98 Å². The minimum atomic E-state index is -0.0867. The van der Waals surface area contributed by atoms with E-state index in [0.29, 0.717) is 39.2 Å². The lowest BCUT2D eigenvalue weighted by Crippen LogP contribution is -2.04. The van der Waals surface area contributed by atoms with Gasteiger partial charge in [-0.05, 0) is 17.7 Å². The lowest BCUT2D eigenvalue weighted by atomic mass is 9.96. The zero-order valence-electron chi connectivity index (χ0n) is 15.1. The fourth-order valence-electron chi connectivity index (χ4n) is 2.56. The third-order valence-electron chi connectivity index (χ3n) is 3.70. The molecule has 3 N–H and O–H groups in total. The molecule has 0 aliphatic heterocycles. The number of methoxy groups -OCH3 is 3. The number of thioether (sulfide) groups is 1. The highest BCUT2D eigenvalue weighted by Gasteiger charge is 2.23. The Kier molecular flexibility index (Phi) is 6.72. The normalized spacial score (nSPS) is 10.0. The van der Waals surface area contributed by atoms with Crippen LogP contribution >= 0.6 is 11.8 Å². The molecular formula is C18H18N4O4S. The molecule has 1 aromatic heterocycles. The zero-order valence-corrected chi connectivity index (χ0v) is 15.9. The highest BCUT2D eigenvalue weighted by molar-refractivity contribution is 7.99. The summed E-state index contributed by atoms with van der Waals surface area (Å²) in [7, 11) is 4.43. The summed E-state index contributed by atoms with van der Waals surface area (Å²) in [6.45, 7) is -0.0867. The van der Waals surface area contributed by atoms with Gasteiger partial charge >= 0.3 is 0 Å². The molecule has 8 nitrogen and oxygen atoms in total. The van der Waals surface area contributed by atoms with Crippen molar-refractivity contribution in [3.05, 3.63) is 23.3 Å². The van der Waals surface area contributed by atoms with E-state index in [9.17, 15) is 10.5 Å². The SMILES string of the molecule is COc1cc(-c2c(C#N)c(N)nc(SCCO)c2C#N)cc(OC)c1OC. The van der Waals surface area contributed by atoms with Gasteiger partial charge in [0.15, 0.2) is 11.5 Å². The van der Waals surface area contributed by atoms with Crippen LogP contribution in [-0.2, 0) is 0 Å². The number of aliphatic hydroxyl groups excluding tert-OH is 1. The maximum atomic E-state index is 9.72. The van der Waals surface area contributed by atoms with Crippen molar-refractivity contribution < 1.29 is 19.3 Å². The minimum absolute atomic E-state index is 0.000640. The lowest BCUT2D eigenvalue weighted by molar-refractivity contribution is 0.322. The molecule has 0 amide bonds. The molecule has 0 bridgehead atoms. The second-order valence-electron chi connectivity index (χ2n) is 5.14. The average Bonchev–Trinajstić information content (AvgIpc) is 2.70. The number of ether oxygens (including phenoxy) is 3. The molecule has 140 valence electrons. The molecule has 0 spiro atoms. The number of aliphatic hydroxyl groups is 1. The van der Waals surface area contributed by atoms with Gasteiger partial charge in [-0.2, -0.15) is 10.5 Å². The maximum Gasteiger partial charge on any atom is 0.203 e. The molecule has 9 heteroatoms. The van der Waals surface area contributed by atoms with Crippen molar-refractivity contribution in [1.29, 1.82) is 10.5 Å². The zero-order chi connectivity index (χ0) is 20.0. The largest absolute Gasteiger partial charge is 0.493 e. The summed E-state index contributed by atoms with van der Waals surface area (Å²) in [5, 5.41) is 28.7. The molecular weight excluding hydrogens is 368 g/mol. The molecule has 27 heavy (non-hydrogen) atoms. The number of aromatic nitrogens is 1. The van der Waals surface area contributed by atoms with E-state index in [2.05, 4.69) is 11.1 Å². The second kappa shape index (κ2) is 8.99. The summed E-state index contributed by atoms with van der Waals surface area (Å²) >= 11 is 1.18. The summed E-state index contributed by atoms with van der Waals surface area (Å²) in [6, 6.07) is 7.38. The second-order valence-corrected chi connectivity index (χ2v) is 6.22. The molecule has 0 radical (unpaired) electrons. The van der Waals surface area contributed by atoms with Crippen molar-refractivity contribution in [3.63, 3.8) is 0 Å². The van der Waals surface area contributed by atoms with Gasteiger partial charge in [-0.1, -0.05) is 0 Å². The molecule has 1 heterocycles. The number of pyridine rings is 1. The predicted molar refractivity (Wildman–Crippen MR) is 101 cm³/mol. The molecule has 0 unspecified atom stereocenters. The third kappa shape index (κ3) is 3.85. The average molecular weight is 386 g/mol. The van der Waals surface area contributed by atoms with E-state index in [1.165, 1.54) is 33.1 Å². The summed E-state index contributed by atoms with van der Waals surface area (Å²) in [4.78, 5) is 4.15. The molecule has 2 aromatic rings. The molecule has 0 atom stereocenters. The number of nitriles is 2. The van der Waals surface area contributed by atoms with Crippen LogP contribution in [0.1, 0.15) is 11.1 Å². The van der Waals surface area contributed by atoms with Gasteiger partial charge in [0.25, 0.3) is 0 Å². The third-order valence-corrected chi connectivity index (χ3v) is 4.65. The summed E-state index contributed by atoms with van der Waals surface area (Å²) in [5.41, 5.74) is 7.05.